The van der Waals surface area contributed by atoms with Gasteiger partial charge in [0.15, 0.2) is 11.6 Å². The van der Waals surface area contributed by atoms with Crippen molar-refractivity contribution >= 4 is 0 Å². The van der Waals surface area contributed by atoms with Crippen molar-refractivity contribution in [3.63, 3.8) is 0 Å². The molecule has 70 valence electrons. The van der Waals surface area contributed by atoms with Gasteiger partial charge >= 0.3 is 0 Å². The van der Waals surface area contributed by atoms with E-state index in [1.165, 1.54) is 6.07 Å². The summed E-state index contributed by atoms with van der Waals surface area (Å²) >= 11 is 0. The first kappa shape index (κ1) is 8.51. The maximum Gasteiger partial charge on any atom is 0.165 e. The molecule has 0 spiro atoms. The van der Waals surface area contributed by atoms with E-state index in [-0.39, 0.29) is 18.0 Å². The Morgan fingerprint density at radius 2 is 2.23 bits per heavy atom. The lowest BCUT2D eigenvalue weighted by atomic mass is 10.3. The van der Waals surface area contributed by atoms with Crippen molar-refractivity contribution in [1.29, 1.82) is 0 Å². The maximum absolute atomic E-state index is 13.1. The van der Waals surface area contributed by atoms with E-state index in [0.717, 1.165) is 6.61 Å². The quantitative estimate of drug-likeness (QED) is 0.667. The molecule has 1 heterocycles. The van der Waals surface area contributed by atoms with Crippen molar-refractivity contribution in [3.05, 3.63) is 30.1 Å². The van der Waals surface area contributed by atoms with Crippen molar-refractivity contribution in [1.82, 2.24) is 0 Å². The Morgan fingerprint density at radius 1 is 1.54 bits per heavy atom. The number of para-hydroxylation sites is 1. The van der Waals surface area contributed by atoms with E-state index in [1.54, 1.807) is 18.2 Å². The first-order chi connectivity index (χ1) is 6.27. The average molecular weight is 182 g/mol. The Labute approximate surface area is 76.3 Å². The molecule has 1 aromatic carbocycles. The molecule has 3 heteroatoms. The average Bonchev–Trinajstić information content (AvgIpc) is 2.91. The highest BCUT2D eigenvalue weighted by atomic mass is 19.1. The summed E-state index contributed by atoms with van der Waals surface area (Å²) < 4.78 is 23.5. The lowest BCUT2D eigenvalue weighted by molar-refractivity contribution is 0.169. The molecule has 0 unspecified atom stereocenters. The molecular weight excluding hydrogens is 171 g/mol. The van der Waals surface area contributed by atoms with Crippen LogP contribution in [0.25, 0.3) is 0 Å². The summed E-state index contributed by atoms with van der Waals surface area (Å²) in [5, 5.41) is 0. The first-order valence-electron chi connectivity index (χ1n) is 4.30. The lowest BCUT2D eigenvalue weighted by Crippen LogP contribution is -2.19. The fourth-order valence-electron chi connectivity index (χ4n) is 1.14. The van der Waals surface area contributed by atoms with Crippen molar-refractivity contribution < 1.29 is 13.9 Å². The van der Waals surface area contributed by atoms with Gasteiger partial charge in [-0.1, -0.05) is 12.1 Å². The molecule has 1 aliphatic rings. The first-order valence-corrected chi connectivity index (χ1v) is 4.30. The van der Waals surface area contributed by atoms with E-state index in [2.05, 4.69) is 0 Å². The second-order valence-electron chi connectivity index (χ2n) is 3.13. The number of ether oxygens (including phenoxy) is 2. The van der Waals surface area contributed by atoms with E-state index < -0.39 is 0 Å². The third kappa shape index (κ3) is 1.98. The molecule has 2 atom stereocenters. The van der Waals surface area contributed by atoms with Crippen LogP contribution < -0.4 is 4.74 Å². The summed E-state index contributed by atoms with van der Waals surface area (Å²) in [6.45, 7) is 2.60. The van der Waals surface area contributed by atoms with Gasteiger partial charge in [0, 0.05) is 0 Å². The molecule has 0 amide bonds. The third-order valence-corrected chi connectivity index (χ3v) is 2.03. The van der Waals surface area contributed by atoms with Crippen LogP contribution in [-0.2, 0) is 4.74 Å². The number of epoxide rings is 1. The van der Waals surface area contributed by atoms with Crippen molar-refractivity contribution in [2.45, 2.75) is 19.1 Å². The summed E-state index contributed by atoms with van der Waals surface area (Å²) in [5.41, 5.74) is 0. The Hall–Kier alpha value is -1.09. The molecule has 0 saturated carbocycles. The Bertz CT molecular complexity index is 297. The summed E-state index contributed by atoms with van der Waals surface area (Å²) in [4.78, 5) is 0. The monoisotopic (exact) mass is 182 g/mol. The van der Waals surface area contributed by atoms with Gasteiger partial charge in [0.2, 0.25) is 0 Å². The molecule has 1 aromatic rings. The van der Waals surface area contributed by atoms with Crippen molar-refractivity contribution in [2.75, 3.05) is 6.61 Å². The smallest absolute Gasteiger partial charge is 0.165 e. The van der Waals surface area contributed by atoms with Crippen LogP contribution in [0.3, 0.4) is 0 Å². The van der Waals surface area contributed by atoms with Crippen LogP contribution >= 0.6 is 0 Å². The van der Waals surface area contributed by atoms with Crippen LogP contribution in [0.1, 0.15) is 6.92 Å². The second kappa shape index (κ2) is 3.34. The highest BCUT2D eigenvalue weighted by molar-refractivity contribution is 5.24. The molecule has 2 nitrogen and oxygen atoms in total. The van der Waals surface area contributed by atoms with Gasteiger partial charge in [0.25, 0.3) is 0 Å². The van der Waals surface area contributed by atoms with Crippen LogP contribution in [0, 0.1) is 5.82 Å². The molecule has 0 aromatic heterocycles. The largest absolute Gasteiger partial charge is 0.485 e. The fourth-order valence-corrected chi connectivity index (χ4v) is 1.14. The number of hydrogen-bond acceptors (Lipinski definition) is 2. The SMILES string of the molecule is C[C@@H](Oc1ccccc1F)[C@@H]1CO1. The topological polar surface area (TPSA) is 21.8 Å². The molecule has 2 rings (SSSR count). The van der Waals surface area contributed by atoms with Gasteiger partial charge in [-0.2, -0.15) is 0 Å². The van der Waals surface area contributed by atoms with Crippen LogP contribution in [0.2, 0.25) is 0 Å². The van der Waals surface area contributed by atoms with Crippen LogP contribution in [0.15, 0.2) is 24.3 Å². The zero-order chi connectivity index (χ0) is 9.26. The molecule has 1 saturated heterocycles. The van der Waals surface area contributed by atoms with Gasteiger partial charge in [-0.15, -0.1) is 0 Å². The van der Waals surface area contributed by atoms with Crippen molar-refractivity contribution in [2.24, 2.45) is 0 Å². The minimum absolute atomic E-state index is 0.0723. The van der Waals surface area contributed by atoms with E-state index in [1.807, 2.05) is 6.92 Å². The van der Waals surface area contributed by atoms with Crippen molar-refractivity contribution in [3.8, 4) is 5.75 Å². The molecule has 0 bridgehead atoms. The summed E-state index contributed by atoms with van der Waals surface area (Å²) in [6.07, 6.45) is 0.0662. The van der Waals surface area contributed by atoms with Gasteiger partial charge in [0.05, 0.1) is 6.61 Å². The fraction of sp³-hybridized carbons (Fsp3) is 0.400. The van der Waals surface area contributed by atoms with Gasteiger partial charge in [-0.3, -0.25) is 0 Å². The number of rotatable bonds is 3. The summed E-state index contributed by atoms with van der Waals surface area (Å²) in [7, 11) is 0. The Balaban J connectivity index is 2.03. The molecule has 0 radical (unpaired) electrons. The standard InChI is InChI=1S/C10H11FO2/c1-7(10-6-12-10)13-9-5-3-2-4-8(9)11/h2-5,7,10H,6H2,1H3/t7-,10+/m1/s1. The van der Waals surface area contributed by atoms with Gasteiger partial charge in [0.1, 0.15) is 12.2 Å². The molecule has 0 N–H and O–H groups in total. The number of hydrogen-bond donors (Lipinski definition) is 0. The third-order valence-electron chi connectivity index (χ3n) is 2.03. The normalized spacial score (nSPS) is 22.5. The highest BCUT2D eigenvalue weighted by Gasteiger charge is 2.31. The molecule has 0 aliphatic carbocycles. The maximum atomic E-state index is 13.1. The minimum Gasteiger partial charge on any atom is -0.485 e. The zero-order valence-electron chi connectivity index (χ0n) is 7.37. The molecule has 1 fully saturated rings. The predicted octanol–water partition coefficient (Wildman–Crippen LogP) is 1.99. The minimum atomic E-state index is -0.324. The van der Waals surface area contributed by atoms with E-state index >= 15 is 0 Å². The summed E-state index contributed by atoms with van der Waals surface area (Å²) in [6, 6.07) is 6.39. The van der Waals surface area contributed by atoms with E-state index in [4.69, 9.17) is 9.47 Å². The van der Waals surface area contributed by atoms with Crippen LogP contribution in [0.4, 0.5) is 4.39 Å². The van der Waals surface area contributed by atoms with Gasteiger partial charge < -0.3 is 9.47 Å². The number of halogens is 1. The predicted molar refractivity (Wildman–Crippen MR) is 46.2 cm³/mol. The van der Waals surface area contributed by atoms with Crippen LogP contribution in [-0.4, -0.2) is 18.8 Å². The Kier molecular flexibility index (Phi) is 2.19. The Morgan fingerprint density at radius 3 is 2.85 bits per heavy atom. The van der Waals surface area contributed by atoms with Gasteiger partial charge in [-0.05, 0) is 19.1 Å². The van der Waals surface area contributed by atoms with E-state index in [9.17, 15) is 4.39 Å². The molecular formula is C10H11FO2. The number of benzene rings is 1. The van der Waals surface area contributed by atoms with E-state index in [0.29, 0.717) is 5.75 Å². The second-order valence-corrected chi connectivity index (χ2v) is 3.13. The van der Waals surface area contributed by atoms with Gasteiger partial charge in [-0.25, -0.2) is 4.39 Å². The highest BCUT2D eigenvalue weighted by Crippen LogP contribution is 2.22. The summed E-state index contributed by atoms with van der Waals surface area (Å²) in [5.74, 6) is -0.0273. The lowest BCUT2D eigenvalue weighted by Gasteiger charge is -2.12. The van der Waals surface area contributed by atoms with Crippen LogP contribution in [0.5, 0.6) is 5.75 Å². The zero-order valence-corrected chi connectivity index (χ0v) is 7.37. The molecule has 13 heavy (non-hydrogen) atoms. The molecule has 1 aliphatic heterocycles.